The molecule has 0 unspecified atom stereocenters. The van der Waals surface area contributed by atoms with Gasteiger partial charge in [0.1, 0.15) is 0 Å². The Labute approximate surface area is 174 Å². The Morgan fingerprint density at radius 3 is 2.24 bits per heavy atom. The van der Waals surface area contributed by atoms with Crippen molar-refractivity contribution in [1.29, 1.82) is 0 Å². The molecule has 3 amide bonds. The van der Waals surface area contributed by atoms with Crippen molar-refractivity contribution in [3.05, 3.63) is 70.2 Å². The quantitative estimate of drug-likeness (QED) is 0.573. The van der Waals surface area contributed by atoms with Crippen molar-refractivity contribution >= 4 is 29.5 Å². The fraction of sp³-hybridized carbons (Fsp3) is 0.286. The Hall–Kier alpha value is -3.06. The molecule has 4 N–H and O–H groups in total. The molecule has 0 radical (unpaired) electrons. The van der Waals surface area contributed by atoms with Crippen LogP contribution in [0.5, 0.6) is 0 Å². The minimum atomic E-state index is -0.727. The molecular formula is C21H24ClN3O4. The molecule has 2 atom stereocenters. The number of nitrogens with two attached hydrogens (primary N) is 1. The fourth-order valence-corrected chi connectivity index (χ4v) is 3.15. The SMILES string of the molecule is COC(=O)C[C@@H](NC(=O)C[C@H](NC(N)=O)c1ccccc1C)c1ccc(Cl)cc1. The fourth-order valence-electron chi connectivity index (χ4n) is 3.02. The van der Waals surface area contributed by atoms with Crippen LogP contribution in [0.1, 0.15) is 41.6 Å². The van der Waals surface area contributed by atoms with Crippen molar-refractivity contribution in [3.8, 4) is 0 Å². The summed E-state index contributed by atoms with van der Waals surface area (Å²) in [6.07, 6.45) is -0.0821. The van der Waals surface area contributed by atoms with Gasteiger partial charge in [0, 0.05) is 5.02 Å². The average Bonchev–Trinajstić information content (AvgIpc) is 2.67. The number of esters is 1. The average molecular weight is 418 g/mol. The number of rotatable bonds is 8. The zero-order valence-electron chi connectivity index (χ0n) is 16.3. The number of urea groups is 1. The molecule has 2 rings (SSSR count). The second-order valence-corrected chi connectivity index (χ2v) is 7.01. The number of benzene rings is 2. The second kappa shape index (κ2) is 10.5. The number of methoxy groups -OCH3 is 1. The van der Waals surface area contributed by atoms with E-state index in [0.29, 0.717) is 10.6 Å². The van der Waals surface area contributed by atoms with Gasteiger partial charge >= 0.3 is 12.0 Å². The molecule has 0 spiro atoms. The van der Waals surface area contributed by atoms with Crippen LogP contribution in [0, 0.1) is 6.92 Å². The van der Waals surface area contributed by atoms with Gasteiger partial charge in [0.15, 0.2) is 0 Å². The lowest BCUT2D eigenvalue weighted by molar-refractivity contribution is -0.141. The minimum Gasteiger partial charge on any atom is -0.469 e. The van der Waals surface area contributed by atoms with Gasteiger partial charge in [0.25, 0.3) is 0 Å². The molecule has 0 bridgehead atoms. The van der Waals surface area contributed by atoms with Crippen LogP contribution in [0.2, 0.25) is 5.02 Å². The number of hydrogen-bond acceptors (Lipinski definition) is 4. The Kier molecular flexibility index (Phi) is 8.03. The number of halogens is 1. The van der Waals surface area contributed by atoms with Crippen molar-refractivity contribution in [3.63, 3.8) is 0 Å². The number of nitrogens with one attached hydrogen (secondary N) is 2. The number of hydrogen-bond donors (Lipinski definition) is 3. The van der Waals surface area contributed by atoms with E-state index in [1.807, 2.05) is 31.2 Å². The molecule has 0 aliphatic rings. The number of primary amides is 1. The van der Waals surface area contributed by atoms with Crippen molar-refractivity contribution in [2.24, 2.45) is 5.73 Å². The lowest BCUT2D eigenvalue weighted by atomic mass is 9.97. The number of amides is 3. The van der Waals surface area contributed by atoms with E-state index in [1.165, 1.54) is 7.11 Å². The Morgan fingerprint density at radius 1 is 1.00 bits per heavy atom. The van der Waals surface area contributed by atoms with Crippen LogP contribution in [-0.2, 0) is 14.3 Å². The molecule has 29 heavy (non-hydrogen) atoms. The molecule has 7 nitrogen and oxygen atoms in total. The van der Waals surface area contributed by atoms with E-state index in [4.69, 9.17) is 22.1 Å². The maximum absolute atomic E-state index is 12.8. The predicted octanol–water partition coefficient (Wildman–Crippen LogP) is 3.17. The Bertz CT molecular complexity index is 870. The molecule has 0 aromatic heterocycles. The summed E-state index contributed by atoms with van der Waals surface area (Å²) in [7, 11) is 1.29. The first-order valence-corrected chi connectivity index (χ1v) is 9.41. The lowest BCUT2D eigenvalue weighted by Gasteiger charge is -2.22. The number of aryl methyl sites for hydroxylation is 1. The minimum absolute atomic E-state index is 0.0395. The Balaban J connectivity index is 2.19. The van der Waals surface area contributed by atoms with Gasteiger partial charge in [0.2, 0.25) is 5.91 Å². The normalized spacial score (nSPS) is 12.5. The summed E-state index contributed by atoms with van der Waals surface area (Å²) in [5.41, 5.74) is 7.71. The van der Waals surface area contributed by atoms with Crippen molar-refractivity contribution in [2.75, 3.05) is 7.11 Å². The van der Waals surface area contributed by atoms with Crippen LogP contribution in [0.15, 0.2) is 48.5 Å². The van der Waals surface area contributed by atoms with Crippen LogP contribution < -0.4 is 16.4 Å². The van der Waals surface area contributed by atoms with Gasteiger partial charge in [-0.1, -0.05) is 48.0 Å². The van der Waals surface area contributed by atoms with Crippen molar-refractivity contribution in [1.82, 2.24) is 10.6 Å². The predicted molar refractivity (Wildman–Crippen MR) is 110 cm³/mol. The molecule has 8 heteroatoms. The third kappa shape index (κ3) is 6.80. The summed E-state index contributed by atoms with van der Waals surface area (Å²) in [5, 5.41) is 5.99. The first-order chi connectivity index (χ1) is 13.8. The molecule has 0 saturated carbocycles. The summed E-state index contributed by atoms with van der Waals surface area (Å²) in [6.45, 7) is 1.89. The summed E-state index contributed by atoms with van der Waals surface area (Å²) in [6, 6.07) is 12.3. The maximum atomic E-state index is 12.8. The van der Waals surface area contributed by atoms with E-state index in [1.54, 1.807) is 24.3 Å². The molecule has 2 aromatic rings. The van der Waals surface area contributed by atoms with E-state index >= 15 is 0 Å². The van der Waals surface area contributed by atoms with E-state index in [-0.39, 0.29) is 18.7 Å². The van der Waals surface area contributed by atoms with Crippen LogP contribution in [0.25, 0.3) is 0 Å². The first-order valence-electron chi connectivity index (χ1n) is 9.03. The maximum Gasteiger partial charge on any atom is 0.312 e. The Morgan fingerprint density at radius 2 is 1.66 bits per heavy atom. The summed E-state index contributed by atoms with van der Waals surface area (Å²) >= 11 is 5.92. The van der Waals surface area contributed by atoms with E-state index in [0.717, 1.165) is 11.1 Å². The zero-order valence-corrected chi connectivity index (χ0v) is 17.0. The number of carbonyl (C=O) groups excluding carboxylic acids is 3. The van der Waals surface area contributed by atoms with Crippen LogP contribution in [0.4, 0.5) is 4.79 Å². The van der Waals surface area contributed by atoms with Crippen LogP contribution in [0.3, 0.4) is 0 Å². The third-order valence-corrected chi connectivity index (χ3v) is 4.73. The largest absolute Gasteiger partial charge is 0.469 e. The molecule has 154 valence electrons. The second-order valence-electron chi connectivity index (χ2n) is 6.57. The molecule has 0 saturated heterocycles. The van der Waals surface area contributed by atoms with Gasteiger partial charge in [-0.05, 0) is 35.7 Å². The summed E-state index contributed by atoms with van der Waals surface area (Å²) in [5.74, 6) is -0.813. The van der Waals surface area contributed by atoms with E-state index < -0.39 is 24.1 Å². The zero-order chi connectivity index (χ0) is 21.4. The summed E-state index contributed by atoms with van der Waals surface area (Å²) in [4.78, 5) is 36.0. The highest BCUT2D eigenvalue weighted by atomic mass is 35.5. The van der Waals surface area contributed by atoms with Gasteiger partial charge in [-0.3, -0.25) is 9.59 Å². The van der Waals surface area contributed by atoms with Crippen LogP contribution >= 0.6 is 11.6 Å². The molecular weight excluding hydrogens is 394 g/mol. The standard InChI is InChI=1S/C21H24ClN3O4/c1-13-5-3-4-6-16(13)18(25-21(23)28)11-19(26)24-17(12-20(27)29-2)14-7-9-15(22)10-8-14/h3-10,17-18H,11-12H2,1-2H3,(H,24,26)(H3,23,25,28)/t17-,18+/m1/s1. The lowest BCUT2D eigenvalue weighted by Crippen LogP contribution is -2.38. The monoisotopic (exact) mass is 417 g/mol. The molecule has 0 aliphatic carbocycles. The van der Waals surface area contributed by atoms with Gasteiger partial charge in [-0.15, -0.1) is 0 Å². The van der Waals surface area contributed by atoms with Gasteiger partial charge in [-0.25, -0.2) is 4.79 Å². The van der Waals surface area contributed by atoms with Gasteiger partial charge in [-0.2, -0.15) is 0 Å². The summed E-state index contributed by atoms with van der Waals surface area (Å²) < 4.78 is 4.74. The highest BCUT2D eigenvalue weighted by Gasteiger charge is 2.23. The first kappa shape index (κ1) is 22.2. The molecule has 0 heterocycles. The molecule has 0 fully saturated rings. The van der Waals surface area contributed by atoms with E-state index in [2.05, 4.69) is 10.6 Å². The highest BCUT2D eigenvalue weighted by Crippen LogP contribution is 2.23. The van der Waals surface area contributed by atoms with Crippen LogP contribution in [-0.4, -0.2) is 25.0 Å². The van der Waals surface area contributed by atoms with Crippen molar-refractivity contribution in [2.45, 2.75) is 31.8 Å². The third-order valence-electron chi connectivity index (χ3n) is 4.48. The number of carbonyl (C=O) groups is 3. The topological polar surface area (TPSA) is 111 Å². The van der Waals surface area contributed by atoms with Gasteiger partial charge < -0.3 is 21.1 Å². The molecule has 0 aliphatic heterocycles. The van der Waals surface area contributed by atoms with Crippen molar-refractivity contribution < 1.29 is 19.1 Å². The smallest absolute Gasteiger partial charge is 0.312 e. The molecule has 2 aromatic carbocycles. The van der Waals surface area contributed by atoms with E-state index in [9.17, 15) is 14.4 Å². The number of ether oxygens (including phenoxy) is 1. The van der Waals surface area contributed by atoms with Gasteiger partial charge in [0.05, 0.1) is 32.0 Å². The highest BCUT2D eigenvalue weighted by molar-refractivity contribution is 6.30.